The highest BCUT2D eigenvalue weighted by atomic mass is 16.4. The minimum absolute atomic E-state index is 0.0622. The second-order valence-electron chi connectivity index (χ2n) is 6.14. The van der Waals surface area contributed by atoms with Crippen molar-refractivity contribution in [2.24, 2.45) is 0 Å². The number of benzene rings is 1. The van der Waals surface area contributed by atoms with Crippen LogP contribution in [0, 0.1) is 0 Å². The summed E-state index contributed by atoms with van der Waals surface area (Å²) in [7, 11) is 0. The molecular weight excluding hydrogens is 318 g/mol. The van der Waals surface area contributed by atoms with Crippen LogP contribution in [0.1, 0.15) is 38.4 Å². The lowest BCUT2D eigenvalue weighted by Gasteiger charge is -2.28. The summed E-state index contributed by atoms with van der Waals surface area (Å²) in [6.45, 7) is 3.44. The molecule has 0 saturated heterocycles. The largest absolute Gasteiger partial charge is 0.478 e. The van der Waals surface area contributed by atoms with Gasteiger partial charge in [-0.3, -0.25) is 14.7 Å². The van der Waals surface area contributed by atoms with Crippen LogP contribution < -0.4 is 5.32 Å². The Hall–Kier alpha value is -2.73. The van der Waals surface area contributed by atoms with Gasteiger partial charge in [-0.05, 0) is 36.1 Å². The third-order valence-electron chi connectivity index (χ3n) is 4.39. The fourth-order valence-electron chi connectivity index (χ4n) is 3.03. The Morgan fingerprint density at radius 1 is 1.20 bits per heavy atom. The Balaban J connectivity index is 1.44. The second-order valence-corrected chi connectivity index (χ2v) is 6.14. The highest BCUT2D eigenvalue weighted by Gasteiger charge is 2.15. The summed E-state index contributed by atoms with van der Waals surface area (Å²) in [4.78, 5) is 29.3. The molecule has 2 N–H and O–H groups in total. The molecule has 1 amide bonds. The number of nitrogens with zero attached hydrogens (tertiary/aromatic N) is 2. The number of carbonyl (C=O) groups is 2. The lowest BCUT2D eigenvalue weighted by atomic mass is 10.00. The second kappa shape index (κ2) is 7.90. The molecule has 1 aromatic carbocycles. The highest BCUT2D eigenvalue weighted by molar-refractivity contribution is 5.95. The smallest absolute Gasteiger partial charge is 0.335 e. The Morgan fingerprint density at radius 3 is 2.80 bits per heavy atom. The number of aromatic carboxylic acids is 1. The molecule has 6 heteroatoms. The van der Waals surface area contributed by atoms with E-state index in [0.717, 1.165) is 32.5 Å². The van der Waals surface area contributed by atoms with Crippen LogP contribution in [-0.2, 0) is 13.0 Å². The van der Waals surface area contributed by atoms with Crippen molar-refractivity contribution in [2.45, 2.75) is 19.4 Å². The lowest BCUT2D eigenvalue weighted by molar-refractivity contribution is 0.0696. The summed E-state index contributed by atoms with van der Waals surface area (Å²) in [6.07, 6.45) is 3.24. The predicted octanol–water partition coefficient (Wildman–Crippen LogP) is 1.96. The third-order valence-corrected chi connectivity index (χ3v) is 4.39. The van der Waals surface area contributed by atoms with E-state index in [0.29, 0.717) is 6.54 Å². The summed E-state index contributed by atoms with van der Waals surface area (Å²) in [5, 5.41) is 11.8. The molecular formula is C19H21N3O3. The quantitative estimate of drug-likeness (QED) is 0.786. The summed E-state index contributed by atoms with van der Waals surface area (Å²) >= 11 is 0. The molecule has 3 rings (SSSR count). The van der Waals surface area contributed by atoms with Crippen molar-refractivity contribution in [3.05, 3.63) is 65.0 Å². The van der Waals surface area contributed by atoms with E-state index in [4.69, 9.17) is 5.11 Å². The standard InChI is InChI=1S/C19H21N3O3/c23-18(17-12-15(19(24)25)6-9-20-17)21-8-3-10-22-11-7-14-4-1-2-5-16(14)13-22/h1-2,4-6,9,12H,3,7-8,10-11,13H2,(H,21,23)(H,24,25). The number of hydrogen-bond donors (Lipinski definition) is 2. The molecule has 0 aliphatic carbocycles. The maximum absolute atomic E-state index is 12.1. The van der Waals surface area contributed by atoms with Crippen molar-refractivity contribution in [2.75, 3.05) is 19.6 Å². The molecule has 2 aromatic rings. The van der Waals surface area contributed by atoms with Crippen molar-refractivity contribution in [1.29, 1.82) is 0 Å². The SMILES string of the molecule is O=C(O)c1ccnc(C(=O)NCCCN2CCc3ccccc3C2)c1. The Kier molecular flexibility index (Phi) is 5.40. The van der Waals surface area contributed by atoms with Crippen LogP contribution in [0.25, 0.3) is 0 Å². The van der Waals surface area contributed by atoms with Gasteiger partial charge < -0.3 is 10.4 Å². The van der Waals surface area contributed by atoms with Gasteiger partial charge in [-0.1, -0.05) is 24.3 Å². The highest BCUT2D eigenvalue weighted by Crippen LogP contribution is 2.18. The zero-order valence-electron chi connectivity index (χ0n) is 13.9. The number of carboxylic acid groups (broad SMARTS) is 1. The van der Waals surface area contributed by atoms with E-state index in [1.165, 1.54) is 29.5 Å². The number of hydrogen-bond acceptors (Lipinski definition) is 4. The summed E-state index contributed by atoms with van der Waals surface area (Å²) < 4.78 is 0. The van der Waals surface area contributed by atoms with Gasteiger partial charge in [0.1, 0.15) is 5.69 Å². The fourth-order valence-corrected chi connectivity index (χ4v) is 3.03. The van der Waals surface area contributed by atoms with E-state index >= 15 is 0 Å². The van der Waals surface area contributed by atoms with Crippen molar-refractivity contribution >= 4 is 11.9 Å². The molecule has 0 radical (unpaired) electrons. The predicted molar refractivity (Wildman–Crippen MR) is 93.6 cm³/mol. The number of nitrogens with one attached hydrogen (secondary N) is 1. The first kappa shape index (κ1) is 17.1. The first-order valence-electron chi connectivity index (χ1n) is 8.40. The van der Waals surface area contributed by atoms with Crippen LogP contribution in [-0.4, -0.2) is 46.5 Å². The summed E-state index contributed by atoms with van der Waals surface area (Å²) in [5.41, 5.74) is 3.00. The zero-order chi connectivity index (χ0) is 17.6. The maximum Gasteiger partial charge on any atom is 0.335 e. The van der Waals surface area contributed by atoms with E-state index in [1.54, 1.807) is 0 Å². The lowest BCUT2D eigenvalue weighted by Crippen LogP contribution is -2.33. The monoisotopic (exact) mass is 339 g/mol. The average molecular weight is 339 g/mol. The van der Waals surface area contributed by atoms with Crippen LogP contribution in [0.15, 0.2) is 42.6 Å². The number of carboxylic acids is 1. The van der Waals surface area contributed by atoms with Crippen LogP contribution in [0.3, 0.4) is 0 Å². The number of rotatable bonds is 6. The van der Waals surface area contributed by atoms with Gasteiger partial charge in [-0.2, -0.15) is 0 Å². The number of aromatic nitrogens is 1. The van der Waals surface area contributed by atoms with Crippen LogP contribution in [0.5, 0.6) is 0 Å². The van der Waals surface area contributed by atoms with Gasteiger partial charge in [0.05, 0.1) is 5.56 Å². The summed E-state index contributed by atoms with van der Waals surface area (Å²) in [6, 6.07) is 11.2. The number of carbonyl (C=O) groups excluding carboxylic acids is 1. The van der Waals surface area contributed by atoms with Crippen molar-refractivity contribution in [3.8, 4) is 0 Å². The molecule has 1 aromatic heterocycles. The zero-order valence-corrected chi connectivity index (χ0v) is 13.9. The Morgan fingerprint density at radius 2 is 2.00 bits per heavy atom. The van der Waals surface area contributed by atoms with Crippen molar-refractivity contribution in [3.63, 3.8) is 0 Å². The molecule has 0 unspecified atom stereocenters. The topological polar surface area (TPSA) is 82.5 Å². The van der Waals surface area contributed by atoms with Gasteiger partial charge in [0.2, 0.25) is 0 Å². The molecule has 0 atom stereocenters. The first-order chi connectivity index (χ1) is 12.1. The molecule has 130 valence electrons. The molecule has 25 heavy (non-hydrogen) atoms. The van der Waals surface area contributed by atoms with E-state index in [2.05, 4.69) is 39.5 Å². The molecule has 6 nitrogen and oxygen atoms in total. The van der Waals surface area contributed by atoms with Gasteiger partial charge >= 0.3 is 5.97 Å². The normalized spacial score (nSPS) is 13.9. The number of amides is 1. The Bertz CT molecular complexity index is 776. The molecule has 0 spiro atoms. The Labute approximate surface area is 146 Å². The summed E-state index contributed by atoms with van der Waals surface area (Å²) in [5.74, 6) is -1.41. The van der Waals surface area contributed by atoms with E-state index in [1.807, 2.05) is 0 Å². The van der Waals surface area contributed by atoms with Crippen molar-refractivity contribution < 1.29 is 14.7 Å². The molecule has 0 bridgehead atoms. The number of fused-ring (bicyclic) bond motifs is 1. The van der Waals surface area contributed by atoms with Crippen LogP contribution >= 0.6 is 0 Å². The van der Waals surface area contributed by atoms with E-state index in [-0.39, 0.29) is 17.2 Å². The van der Waals surface area contributed by atoms with Gasteiger partial charge in [0.15, 0.2) is 0 Å². The van der Waals surface area contributed by atoms with E-state index < -0.39 is 5.97 Å². The van der Waals surface area contributed by atoms with Gasteiger partial charge in [0.25, 0.3) is 5.91 Å². The fraction of sp³-hybridized carbons (Fsp3) is 0.316. The molecule has 0 fully saturated rings. The third kappa shape index (κ3) is 4.42. The maximum atomic E-state index is 12.1. The first-order valence-corrected chi connectivity index (χ1v) is 8.40. The molecule has 1 aliphatic heterocycles. The van der Waals surface area contributed by atoms with Crippen molar-refractivity contribution in [1.82, 2.24) is 15.2 Å². The van der Waals surface area contributed by atoms with Gasteiger partial charge in [-0.25, -0.2) is 4.79 Å². The van der Waals surface area contributed by atoms with E-state index in [9.17, 15) is 9.59 Å². The number of pyridine rings is 1. The van der Waals surface area contributed by atoms with Gasteiger partial charge in [0, 0.05) is 32.4 Å². The molecule has 0 saturated carbocycles. The minimum atomic E-state index is -1.07. The van der Waals surface area contributed by atoms with Crippen LogP contribution in [0.2, 0.25) is 0 Å². The molecule has 1 aliphatic rings. The van der Waals surface area contributed by atoms with Gasteiger partial charge in [-0.15, -0.1) is 0 Å². The molecule has 2 heterocycles. The van der Waals surface area contributed by atoms with Crippen LogP contribution in [0.4, 0.5) is 0 Å². The minimum Gasteiger partial charge on any atom is -0.478 e. The average Bonchev–Trinajstić information content (AvgIpc) is 2.65.